The van der Waals surface area contributed by atoms with Gasteiger partial charge in [0.1, 0.15) is 0 Å². The Kier molecular flexibility index (Phi) is 11.4. The average Bonchev–Trinajstić information content (AvgIpc) is 2.97. The third-order valence-electron chi connectivity index (χ3n) is 9.11. The van der Waals surface area contributed by atoms with E-state index in [0.29, 0.717) is 23.9 Å². The maximum Gasteiger partial charge on any atom is 0.244 e. The standard InChI is InChI=1S/C37H50N2O2/c1-26(2)32-15-5-28(6-16-32)13-23-36(40)38-34-19-9-30(10-20-34)25-31-11-21-35(22-12-31)39-37(41)24-14-29-7-17-33(18-8-29)27(3)4/h5-8,13-18,23-24,26-27,30-31,34-35H,9-12,19-22,25H2,1-4H3,(H,38,40)(H,39,41). The molecule has 220 valence electrons. The van der Waals surface area contributed by atoms with E-state index < -0.39 is 0 Å². The van der Waals surface area contributed by atoms with Gasteiger partial charge in [-0.1, -0.05) is 76.2 Å². The number of nitrogens with one attached hydrogen (secondary N) is 2. The quantitative estimate of drug-likeness (QED) is 0.290. The molecule has 0 radical (unpaired) electrons. The molecule has 4 nitrogen and oxygen atoms in total. The molecule has 2 N–H and O–H groups in total. The predicted molar refractivity (Wildman–Crippen MR) is 172 cm³/mol. The summed E-state index contributed by atoms with van der Waals surface area (Å²) in [6.45, 7) is 8.75. The van der Waals surface area contributed by atoms with Crippen molar-refractivity contribution in [3.05, 3.63) is 82.9 Å². The van der Waals surface area contributed by atoms with E-state index in [4.69, 9.17) is 0 Å². The second kappa shape index (κ2) is 15.2. The number of hydrogen-bond acceptors (Lipinski definition) is 2. The molecule has 2 aromatic rings. The van der Waals surface area contributed by atoms with Gasteiger partial charge in [0.2, 0.25) is 11.8 Å². The van der Waals surface area contributed by atoms with E-state index in [1.807, 2.05) is 12.2 Å². The van der Waals surface area contributed by atoms with Crippen molar-refractivity contribution in [2.24, 2.45) is 11.8 Å². The second-order valence-corrected chi connectivity index (χ2v) is 13.0. The molecule has 2 aliphatic rings. The monoisotopic (exact) mass is 554 g/mol. The lowest BCUT2D eigenvalue weighted by molar-refractivity contribution is -0.118. The van der Waals surface area contributed by atoms with Crippen LogP contribution in [0, 0.1) is 11.8 Å². The van der Waals surface area contributed by atoms with Gasteiger partial charge in [0.05, 0.1) is 0 Å². The molecule has 4 rings (SSSR count). The van der Waals surface area contributed by atoms with Gasteiger partial charge in [-0.15, -0.1) is 0 Å². The fraction of sp³-hybridized carbons (Fsp3) is 0.514. The first-order valence-electron chi connectivity index (χ1n) is 15.9. The smallest absolute Gasteiger partial charge is 0.244 e. The van der Waals surface area contributed by atoms with Gasteiger partial charge in [-0.2, -0.15) is 0 Å². The fourth-order valence-corrected chi connectivity index (χ4v) is 6.38. The van der Waals surface area contributed by atoms with Gasteiger partial charge in [0.15, 0.2) is 0 Å². The van der Waals surface area contributed by atoms with Crippen LogP contribution in [0.2, 0.25) is 0 Å². The molecular formula is C37H50N2O2. The van der Waals surface area contributed by atoms with E-state index in [-0.39, 0.29) is 11.8 Å². The molecule has 0 unspecified atom stereocenters. The van der Waals surface area contributed by atoms with Gasteiger partial charge in [-0.3, -0.25) is 9.59 Å². The van der Waals surface area contributed by atoms with E-state index >= 15 is 0 Å². The van der Waals surface area contributed by atoms with Crippen LogP contribution in [0.25, 0.3) is 12.2 Å². The molecule has 2 amide bonds. The van der Waals surface area contributed by atoms with Gasteiger partial charge >= 0.3 is 0 Å². The molecule has 0 spiro atoms. The molecule has 2 aromatic carbocycles. The normalized spacial score (nSPS) is 23.4. The van der Waals surface area contributed by atoms with Crippen molar-refractivity contribution in [2.75, 3.05) is 0 Å². The van der Waals surface area contributed by atoms with Crippen LogP contribution in [0.1, 0.15) is 120 Å². The first-order chi connectivity index (χ1) is 19.7. The van der Waals surface area contributed by atoms with Crippen molar-refractivity contribution < 1.29 is 9.59 Å². The molecule has 2 saturated carbocycles. The molecule has 0 heterocycles. The van der Waals surface area contributed by atoms with Gasteiger partial charge in [0, 0.05) is 24.2 Å². The highest BCUT2D eigenvalue weighted by Crippen LogP contribution is 2.35. The molecule has 0 aromatic heterocycles. The molecule has 0 saturated heterocycles. The molecule has 4 heteroatoms. The Morgan fingerprint density at radius 1 is 0.610 bits per heavy atom. The minimum absolute atomic E-state index is 0.0145. The number of rotatable bonds is 10. The van der Waals surface area contributed by atoms with Crippen LogP contribution in [0.5, 0.6) is 0 Å². The Morgan fingerprint density at radius 2 is 0.951 bits per heavy atom. The number of benzene rings is 2. The average molecular weight is 555 g/mol. The Labute approximate surface area is 248 Å². The Balaban J connectivity index is 1.10. The summed E-state index contributed by atoms with van der Waals surface area (Å²) in [6, 6.07) is 17.4. The van der Waals surface area contributed by atoms with Crippen LogP contribution in [-0.2, 0) is 9.59 Å². The van der Waals surface area contributed by atoms with E-state index in [0.717, 1.165) is 48.6 Å². The lowest BCUT2D eigenvalue weighted by Crippen LogP contribution is -2.38. The molecular weight excluding hydrogens is 504 g/mol. The maximum atomic E-state index is 12.5. The van der Waals surface area contributed by atoms with Crippen molar-refractivity contribution in [1.82, 2.24) is 10.6 Å². The summed E-state index contributed by atoms with van der Waals surface area (Å²) in [7, 11) is 0. The summed E-state index contributed by atoms with van der Waals surface area (Å²) < 4.78 is 0. The summed E-state index contributed by atoms with van der Waals surface area (Å²) in [4.78, 5) is 25.0. The van der Waals surface area contributed by atoms with Crippen LogP contribution in [-0.4, -0.2) is 23.9 Å². The van der Waals surface area contributed by atoms with E-state index in [2.05, 4.69) is 86.9 Å². The first kappa shape index (κ1) is 30.8. The zero-order valence-corrected chi connectivity index (χ0v) is 25.6. The van der Waals surface area contributed by atoms with Crippen LogP contribution >= 0.6 is 0 Å². The Hall–Kier alpha value is -3.14. The van der Waals surface area contributed by atoms with E-state index in [1.165, 1.54) is 43.2 Å². The zero-order valence-electron chi connectivity index (χ0n) is 25.6. The Morgan fingerprint density at radius 3 is 1.27 bits per heavy atom. The van der Waals surface area contributed by atoms with E-state index in [9.17, 15) is 9.59 Å². The molecule has 2 aliphatic carbocycles. The number of hydrogen-bond donors (Lipinski definition) is 2. The third-order valence-corrected chi connectivity index (χ3v) is 9.11. The highest BCUT2D eigenvalue weighted by molar-refractivity contribution is 5.92. The summed E-state index contributed by atoms with van der Waals surface area (Å²) >= 11 is 0. The Bertz CT molecular complexity index is 1070. The maximum absolute atomic E-state index is 12.5. The lowest BCUT2D eigenvalue weighted by Gasteiger charge is -2.34. The molecule has 0 aliphatic heterocycles. The van der Waals surface area contributed by atoms with Gasteiger partial charge in [0.25, 0.3) is 0 Å². The second-order valence-electron chi connectivity index (χ2n) is 13.0. The molecule has 0 bridgehead atoms. The first-order valence-corrected chi connectivity index (χ1v) is 15.9. The van der Waals surface area contributed by atoms with Gasteiger partial charge in [-0.25, -0.2) is 0 Å². The van der Waals surface area contributed by atoms with Crippen molar-refractivity contribution >= 4 is 24.0 Å². The summed E-state index contributed by atoms with van der Waals surface area (Å²) in [5, 5.41) is 6.45. The van der Waals surface area contributed by atoms with E-state index in [1.54, 1.807) is 12.2 Å². The van der Waals surface area contributed by atoms with Crippen molar-refractivity contribution in [3.8, 4) is 0 Å². The summed E-state index contributed by atoms with van der Waals surface area (Å²) in [5.74, 6) is 2.58. The molecule has 41 heavy (non-hydrogen) atoms. The minimum atomic E-state index is 0.0145. The highest BCUT2D eigenvalue weighted by Gasteiger charge is 2.27. The number of carbonyl (C=O) groups excluding carboxylic acids is 2. The van der Waals surface area contributed by atoms with Crippen LogP contribution in [0.3, 0.4) is 0 Å². The topological polar surface area (TPSA) is 58.2 Å². The number of amides is 2. The van der Waals surface area contributed by atoms with Gasteiger partial charge in [-0.05, 0) is 116 Å². The van der Waals surface area contributed by atoms with Crippen molar-refractivity contribution in [1.29, 1.82) is 0 Å². The largest absolute Gasteiger partial charge is 0.350 e. The highest BCUT2D eigenvalue weighted by atomic mass is 16.2. The minimum Gasteiger partial charge on any atom is -0.350 e. The predicted octanol–water partition coefficient (Wildman–Crippen LogP) is 8.40. The summed E-state index contributed by atoms with van der Waals surface area (Å²) in [6.07, 6.45) is 17.6. The van der Waals surface area contributed by atoms with Crippen molar-refractivity contribution in [3.63, 3.8) is 0 Å². The number of carbonyl (C=O) groups is 2. The SMILES string of the molecule is CC(C)c1ccc(C=CC(=O)NC2CCC(CC3CCC(NC(=O)C=Cc4ccc(C(C)C)cc4)CC3)CC2)cc1. The van der Waals surface area contributed by atoms with Crippen LogP contribution < -0.4 is 10.6 Å². The lowest BCUT2D eigenvalue weighted by atomic mass is 9.75. The van der Waals surface area contributed by atoms with Crippen LogP contribution in [0.4, 0.5) is 0 Å². The summed E-state index contributed by atoms with van der Waals surface area (Å²) in [5.41, 5.74) is 4.75. The fourth-order valence-electron chi connectivity index (χ4n) is 6.38. The molecule has 0 atom stereocenters. The molecule has 2 fully saturated rings. The zero-order chi connectivity index (χ0) is 29.2. The van der Waals surface area contributed by atoms with Crippen LogP contribution in [0.15, 0.2) is 60.7 Å². The third kappa shape index (κ3) is 10.0. The van der Waals surface area contributed by atoms with Gasteiger partial charge < -0.3 is 10.6 Å². The van der Waals surface area contributed by atoms with Crippen molar-refractivity contribution in [2.45, 2.75) is 109 Å².